The van der Waals surface area contributed by atoms with Gasteiger partial charge in [0.2, 0.25) is 0 Å². The van der Waals surface area contributed by atoms with Gasteiger partial charge in [0.1, 0.15) is 52.2 Å². The Balaban J connectivity index is 0.000000154. The summed E-state index contributed by atoms with van der Waals surface area (Å²) in [5, 5.41) is 29.0. The first kappa shape index (κ1) is 68.5. The molecular weight excluding hydrogens is 1190 g/mol. The van der Waals surface area contributed by atoms with E-state index in [1.165, 1.54) is 46.0 Å². The number of nitrogens with zero attached hydrogens (tertiary/aromatic N) is 9. The predicted molar refractivity (Wildman–Crippen MR) is 364 cm³/mol. The zero-order valence-corrected chi connectivity index (χ0v) is 54.5. The number of rotatable bonds is 21. The number of halogens is 4. The first-order valence-corrected chi connectivity index (χ1v) is 33.1. The van der Waals surface area contributed by atoms with Gasteiger partial charge in [0.05, 0.1) is 17.1 Å². The smallest absolute Gasteiger partial charge is 0.128 e. The quantitative estimate of drug-likeness (QED) is 0.0432. The third-order valence-electron chi connectivity index (χ3n) is 18.0. The van der Waals surface area contributed by atoms with Gasteiger partial charge in [-0.15, -0.1) is 0 Å². The maximum absolute atomic E-state index is 14.5. The van der Waals surface area contributed by atoms with Crippen LogP contribution in [0, 0.1) is 30.2 Å². The molecule has 3 fully saturated rings. The average molecular weight is 1280 g/mol. The monoisotopic (exact) mass is 1280 g/mol. The summed E-state index contributed by atoms with van der Waals surface area (Å²) in [6, 6.07) is 42.2. The Morgan fingerprint density at radius 3 is 1.24 bits per heavy atom. The van der Waals surface area contributed by atoms with E-state index < -0.39 is 11.6 Å². The first-order chi connectivity index (χ1) is 45.7. The number of aromatic nitrogens is 6. The van der Waals surface area contributed by atoms with Gasteiger partial charge in [-0.3, -0.25) is 14.7 Å². The molecule has 3 aliphatic heterocycles. The molecule has 0 saturated carbocycles. The Labute approximate surface area is 551 Å². The van der Waals surface area contributed by atoms with Crippen LogP contribution in [0.4, 0.5) is 17.6 Å². The second-order valence-electron chi connectivity index (χ2n) is 25.0. The van der Waals surface area contributed by atoms with Crippen molar-refractivity contribution in [2.24, 2.45) is 0 Å². The van der Waals surface area contributed by atoms with Gasteiger partial charge in [0, 0.05) is 168 Å². The number of piperazine rings is 3. The largest absolute Gasteiger partial charge is 0.508 e. The number of hydrogen-bond donors (Lipinski definition) is 5. The molecule has 0 aliphatic carbocycles. The van der Waals surface area contributed by atoms with Crippen molar-refractivity contribution in [1.29, 1.82) is 0 Å². The second kappa shape index (κ2) is 34.2. The number of aromatic hydroxyl groups is 2. The van der Waals surface area contributed by atoms with E-state index >= 15 is 0 Å². The van der Waals surface area contributed by atoms with Crippen molar-refractivity contribution in [1.82, 2.24) is 60.6 Å². The predicted octanol–water partition coefficient (Wildman–Crippen LogP) is 12.6. The molecule has 6 heterocycles. The van der Waals surface area contributed by atoms with Gasteiger partial charge in [-0.05, 0) is 185 Å². The number of aryl methyl sites for hydroxylation is 6. The zero-order valence-electron chi connectivity index (χ0n) is 54.5. The number of phenols is 2. The summed E-state index contributed by atoms with van der Waals surface area (Å²) in [5.41, 5.74) is 12.6. The van der Waals surface area contributed by atoms with Crippen molar-refractivity contribution in [3.63, 3.8) is 0 Å². The van der Waals surface area contributed by atoms with Crippen LogP contribution >= 0.6 is 0 Å². The third kappa shape index (κ3) is 20.1. The molecule has 12 rings (SSSR count). The fraction of sp³-hybridized carbons (Fsp3) is 0.368. The highest BCUT2D eigenvalue weighted by atomic mass is 19.1. The average Bonchev–Trinajstić information content (AvgIpc) is 1.06. The normalized spacial score (nSPS) is 17.0. The fourth-order valence-corrected chi connectivity index (χ4v) is 12.3. The summed E-state index contributed by atoms with van der Waals surface area (Å²) in [7, 11) is 0. The molecule has 3 atom stereocenters. The minimum Gasteiger partial charge on any atom is -0.508 e. The van der Waals surface area contributed by atoms with E-state index in [4.69, 9.17) is 9.97 Å². The molecule has 492 valence electrons. The van der Waals surface area contributed by atoms with E-state index in [0.717, 1.165) is 150 Å². The number of nitrogens with one attached hydrogen (secondary N) is 3. The lowest BCUT2D eigenvalue weighted by atomic mass is 9.98. The van der Waals surface area contributed by atoms with Gasteiger partial charge in [0.25, 0.3) is 0 Å². The van der Waals surface area contributed by atoms with Crippen LogP contribution in [-0.2, 0) is 58.2 Å². The summed E-state index contributed by atoms with van der Waals surface area (Å²) in [6.45, 7) is 19.6. The van der Waals surface area contributed by atoms with E-state index in [1.807, 2.05) is 60.8 Å². The van der Waals surface area contributed by atoms with Crippen LogP contribution < -0.4 is 16.0 Å². The molecule has 3 aromatic heterocycles. The molecular formula is C76H88F4N12O2. The first-order valence-electron chi connectivity index (χ1n) is 33.1. The molecule has 3 aliphatic rings. The summed E-state index contributed by atoms with van der Waals surface area (Å²) >= 11 is 0. The van der Waals surface area contributed by atoms with Crippen molar-refractivity contribution in [3.8, 4) is 45.3 Å². The number of hydrogen-bond acceptors (Lipinski definition) is 14. The van der Waals surface area contributed by atoms with Crippen molar-refractivity contribution in [2.45, 2.75) is 123 Å². The van der Waals surface area contributed by atoms with Crippen LogP contribution in [0.25, 0.3) is 33.8 Å². The molecule has 0 radical (unpaired) electrons. The fourth-order valence-electron chi connectivity index (χ4n) is 12.3. The second-order valence-corrected chi connectivity index (χ2v) is 25.0. The Morgan fingerprint density at radius 1 is 0.426 bits per heavy atom. The maximum Gasteiger partial charge on any atom is 0.128 e. The van der Waals surface area contributed by atoms with Crippen LogP contribution in [0.5, 0.6) is 11.5 Å². The van der Waals surface area contributed by atoms with Crippen molar-refractivity contribution < 1.29 is 27.8 Å². The molecule has 5 N–H and O–H groups in total. The van der Waals surface area contributed by atoms with Gasteiger partial charge in [-0.2, -0.15) is 0 Å². The maximum atomic E-state index is 14.5. The Morgan fingerprint density at radius 2 is 0.819 bits per heavy atom. The summed E-state index contributed by atoms with van der Waals surface area (Å²) in [4.78, 5) is 34.6. The Hall–Kier alpha value is -8.36. The third-order valence-corrected chi connectivity index (χ3v) is 18.0. The highest BCUT2D eigenvalue weighted by Gasteiger charge is 2.23. The molecule has 14 nitrogen and oxygen atoms in total. The van der Waals surface area contributed by atoms with Crippen molar-refractivity contribution >= 4 is 0 Å². The lowest BCUT2D eigenvalue weighted by Crippen LogP contribution is -2.49. The molecule has 0 unspecified atom stereocenters. The van der Waals surface area contributed by atoms with Crippen LogP contribution in [0.15, 0.2) is 158 Å². The zero-order chi connectivity index (χ0) is 65.8. The summed E-state index contributed by atoms with van der Waals surface area (Å²) in [6.07, 6.45) is 12.5. The standard InChI is InChI=1S/C26H32N4O.C25H27F3N4.C25H29FN4O/c1-19-17-27-15-16-30(19)18-22-6-4-7-24(20(22)2)25-13-14-28-26(29-25)8-3-5-21-9-11-23(31)12-10-21;1-17-15-29-9-10-32(17)16-20-13-19(5-6-23(20)28)24-7-8-30-25(31-24)4-2-3-18-11-21(26)14-22(27)12-18;1-18-16-27-13-14-30(18)17-21-15-20(7-10-23(21)26)24-11-12-28-25(29-24)4-2-3-19-5-8-22(31)9-6-19/h4,6-7,9-14,19,27,31H,3,5,8,15-18H2,1-2H3;5-8,11-14,17,29H,2-4,9-10,15-16H2,1H3;5-12,15,18,27,31H,2-4,13-14,16-17H2,1H3/t19-;17-;18-/m000/s1. The summed E-state index contributed by atoms with van der Waals surface area (Å²) < 4.78 is 55.7. The SMILES string of the molecule is C[C@H]1CNCCN1Cc1cc(-c2ccnc(CCCc3cc(F)cc(F)c3)n2)ccc1F.C[C@H]1CNCCN1Cc1cc(-c2ccnc(CCCc3ccc(O)cc3)n2)ccc1F.Cc1c(CN2CCNC[C@@H]2C)cccc1-c1ccnc(CCCc2ccc(O)cc2)n1. The molecule has 6 aromatic carbocycles. The van der Waals surface area contributed by atoms with Gasteiger partial charge >= 0.3 is 0 Å². The van der Waals surface area contributed by atoms with E-state index in [1.54, 1.807) is 54.9 Å². The molecule has 0 bridgehead atoms. The van der Waals surface area contributed by atoms with Crippen LogP contribution in [0.2, 0.25) is 0 Å². The van der Waals surface area contributed by atoms with Crippen LogP contribution in [0.3, 0.4) is 0 Å². The molecule has 18 heteroatoms. The molecule has 3 saturated heterocycles. The van der Waals surface area contributed by atoms with E-state index in [9.17, 15) is 27.8 Å². The van der Waals surface area contributed by atoms with Crippen molar-refractivity contribution in [3.05, 3.63) is 238 Å². The molecule has 94 heavy (non-hydrogen) atoms. The van der Waals surface area contributed by atoms with Gasteiger partial charge in [0.15, 0.2) is 0 Å². The van der Waals surface area contributed by atoms with Crippen LogP contribution in [-0.4, -0.2) is 132 Å². The van der Waals surface area contributed by atoms with E-state index in [0.29, 0.717) is 78.7 Å². The lowest BCUT2D eigenvalue weighted by molar-refractivity contribution is 0.164. The summed E-state index contributed by atoms with van der Waals surface area (Å²) in [5.74, 6) is 1.40. The van der Waals surface area contributed by atoms with E-state index in [2.05, 4.69) is 96.5 Å². The highest BCUT2D eigenvalue weighted by Crippen LogP contribution is 2.28. The molecule has 0 amide bonds. The van der Waals surface area contributed by atoms with E-state index in [-0.39, 0.29) is 17.4 Å². The van der Waals surface area contributed by atoms with Crippen LogP contribution in [0.1, 0.15) is 96.5 Å². The molecule has 9 aromatic rings. The van der Waals surface area contributed by atoms with Gasteiger partial charge < -0.3 is 26.2 Å². The lowest BCUT2D eigenvalue weighted by Gasteiger charge is -2.34. The van der Waals surface area contributed by atoms with Crippen molar-refractivity contribution in [2.75, 3.05) is 58.9 Å². The number of phenolic OH excluding ortho intramolecular Hbond substituents is 2. The minimum atomic E-state index is -0.569. The van der Waals surface area contributed by atoms with Gasteiger partial charge in [-0.1, -0.05) is 42.5 Å². The molecule has 0 spiro atoms. The van der Waals surface area contributed by atoms with Gasteiger partial charge in [-0.25, -0.2) is 47.5 Å². The Bertz CT molecular complexity index is 3840. The topological polar surface area (TPSA) is 164 Å². The Kier molecular flexibility index (Phi) is 24.9. The minimum absolute atomic E-state index is 0.169. The highest BCUT2D eigenvalue weighted by molar-refractivity contribution is 5.65. The number of benzene rings is 6.